The van der Waals surface area contributed by atoms with Gasteiger partial charge in [-0.3, -0.25) is 4.79 Å². The summed E-state index contributed by atoms with van der Waals surface area (Å²) in [4.78, 5) is 22.8. The Hall–Kier alpha value is -1.36. The van der Waals surface area contributed by atoms with Gasteiger partial charge in [-0.1, -0.05) is 46.3 Å². The summed E-state index contributed by atoms with van der Waals surface area (Å²) in [5, 5.41) is 2.72. The van der Waals surface area contributed by atoms with Gasteiger partial charge >= 0.3 is 5.97 Å². The molecule has 0 heterocycles. The summed E-state index contributed by atoms with van der Waals surface area (Å²) in [7, 11) is 1.29. The number of esters is 1. The van der Waals surface area contributed by atoms with Crippen LogP contribution in [0.4, 0.5) is 0 Å². The lowest BCUT2D eigenvalue weighted by atomic mass is 10.1. The second-order valence-electron chi connectivity index (χ2n) is 3.07. The number of hydrogen-bond acceptors (Lipinski definition) is 3. The molecular weight excluding hydrogens is 274 g/mol. The first-order valence-electron chi connectivity index (χ1n) is 4.67. The number of carbonyl (C=O) groups excluding carboxylic acids is 2. The van der Waals surface area contributed by atoms with Gasteiger partial charge in [0.25, 0.3) is 0 Å². The highest BCUT2D eigenvalue weighted by Crippen LogP contribution is 2.13. The predicted octanol–water partition coefficient (Wildman–Crippen LogP) is 1.41. The van der Waals surface area contributed by atoms with Gasteiger partial charge in [0, 0.05) is 0 Å². The highest BCUT2D eigenvalue weighted by Gasteiger charge is 2.22. The summed E-state index contributed by atoms with van der Waals surface area (Å²) in [6.07, 6.45) is 0. The van der Waals surface area contributed by atoms with E-state index in [1.54, 1.807) is 24.3 Å². The van der Waals surface area contributed by atoms with E-state index in [1.807, 2.05) is 6.07 Å². The molecular formula is C11H12BrNO3. The van der Waals surface area contributed by atoms with Crippen molar-refractivity contribution in [3.63, 3.8) is 0 Å². The van der Waals surface area contributed by atoms with E-state index in [4.69, 9.17) is 0 Å². The van der Waals surface area contributed by atoms with E-state index < -0.39 is 12.0 Å². The minimum Gasteiger partial charge on any atom is -0.467 e. The average Bonchev–Trinajstić information content (AvgIpc) is 2.35. The molecule has 86 valence electrons. The molecule has 1 N–H and O–H groups in total. The Labute approximate surface area is 102 Å². The van der Waals surface area contributed by atoms with E-state index in [-0.39, 0.29) is 11.2 Å². The van der Waals surface area contributed by atoms with Gasteiger partial charge in [0.05, 0.1) is 12.4 Å². The van der Waals surface area contributed by atoms with Gasteiger partial charge in [0.2, 0.25) is 5.91 Å². The molecule has 0 aliphatic heterocycles. The Bertz CT molecular complexity index is 367. The van der Waals surface area contributed by atoms with E-state index in [0.717, 1.165) is 0 Å². The first-order valence-corrected chi connectivity index (χ1v) is 5.79. The van der Waals surface area contributed by atoms with E-state index >= 15 is 0 Å². The van der Waals surface area contributed by atoms with Crippen molar-refractivity contribution < 1.29 is 14.3 Å². The molecule has 0 saturated carbocycles. The molecule has 5 heteroatoms. The molecule has 0 saturated heterocycles. The summed E-state index contributed by atoms with van der Waals surface area (Å²) in [6, 6.07) is 8.20. The van der Waals surface area contributed by atoms with E-state index in [2.05, 4.69) is 26.0 Å². The Morgan fingerprint density at radius 2 is 2.00 bits per heavy atom. The van der Waals surface area contributed by atoms with Gasteiger partial charge in [-0.15, -0.1) is 0 Å². The SMILES string of the molecule is COC(=O)[C@@H](NC(=O)CBr)c1ccccc1. The third-order valence-corrected chi connectivity index (χ3v) is 2.51. The van der Waals surface area contributed by atoms with Crippen molar-refractivity contribution in [3.05, 3.63) is 35.9 Å². The number of benzene rings is 1. The van der Waals surface area contributed by atoms with Gasteiger partial charge in [0.1, 0.15) is 0 Å². The monoisotopic (exact) mass is 285 g/mol. The van der Waals surface area contributed by atoms with Crippen molar-refractivity contribution in [3.8, 4) is 0 Å². The zero-order valence-electron chi connectivity index (χ0n) is 8.77. The van der Waals surface area contributed by atoms with Crippen LogP contribution in [0.3, 0.4) is 0 Å². The molecule has 1 atom stereocenters. The van der Waals surface area contributed by atoms with E-state index in [1.165, 1.54) is 7.11 Å². The lowest BCUT2D eigenvalue weighted by Crippen LogP contribution is -2.35. The van der Waals surface area contributed by atoms with E-state index in [9.17, 15) is 9.59 Å². The van der Waals surface area contributed by atoms with Gasteiger partial charge in [-0.2, -0.15) is 0 Å². The minimum absolute atomic E-state index is 0.146. The van der Waals surface area contributed by atoms with Crippen molar-refractivity contribution >= 4 is 27.8 Å². The number of ether oxygens (including phenoxy) is 1. The first kappa shape index (κ1) is 12.7. The third kappa shape index (κ3) is 3.34. The molecule has 0 bridgehead atoms. The number of rotatable bonds is 4. The second-order valence-corrected chi connectivity index (χ2v) is 3.63. The maximum Gasteiger partial charge on any atom is 0.333 e. The summed E-state index contributed by atoms with van der Waals surface area (Å²) in [5.74, 6) is -0.750. The zero-order valence-corrected chi connectivity index (χ0v) is 10.4. The number of amides is 1. The Balaban J connectivity index is 2.88. The normalized spacial score (nSPS) is 11.6. The fourth-order valence-corrected chi connectivity index (χ4v) is 1.40. The molecule has 1 aromatic carbocycles. The van der Waals surface area contributed by atoms with Crippen LogP contribution < -0.4 is 5.32 Å². The van der Waals surface area contributed by atoms with E-state index in [0.29, 0.717) is 5.56 Å². The van der Waals surface area contributed by atoms with Gasteiger partial charge in [0.15, 0.2) is 6.04 Å². The Morgan fingerprint density at radius 3 is 2.50 bits per heavy atom. The van der Waals surface area contributed by atoms with Crippen LogP contribution in [-0.2, 0) is 14.3 Å². The number of hydrogen-bond donors (Lipinski definition) is 1. The molecule has 1 amide bonds. The molecule has 0 aliphatic carbocycles. The maximum atomic E-state index is 11.5. The average molecular weight is 286 g/mol. The van der Waals surface area contributed by atoms with Gasteiger partial charge < -0.3 is 10.1 Å². The molecule has 1 rings (SSSR count). The number of methoxy groups -OCH3 is 1. The Morgan fingerprint density at radius 1 is 1.38 bits per heavy atom. The van der Waals surface area contributed by atoms with Crippen LogP contribution in [-0.4, -0.2) is 24.3 Å². The molecule has 16 heavy (non-hydrogen) atoms. The molecule has 1 aromatic rings. The molecule has 0 aromatic heterocycles. The summed E-state index contributed by atoms with van der Waals surface area (Å²) in [6.45, 7) is 0. The predicted molar refractivity (Wildman–Crippen MR) is 63.1 cm³/mol. The topological polar surface area (TPSA) is 55.4 Å². The van der Waals surface area contributed by atoms with Crippen LogP contribution in [0.5, 0.6) is 0 Å². The van der Waals surface area contributed by atoms with Crippen LogP contribution >= 0.6 is 15.9 Å². The molecule has 0 fully saturated rings. The minimum atomic E-state index is -0.753. The number of alkyl halides is 1. The van der Waals surface area contributed by atoms with Crippen LogP contribution in [0.2, 0.25) is 0 Å². The number of carbonyl (C=O) groups is 2. The first-order chi connectivity index (χ1) is 7.69. The quantitative estimate of drug-likeness (QED) is 0.672. The molecule has 0 spiro atoms. The highest BCUT2D eigenvalue weighted by molar-refractivity contribution is 9.09. The van der Waals surface area contributed by atoms with Crippen molar-refractivity contribution in [2.75, 3.05) is 12.4 Å². The molecule has 0 aliphatic rings. The zero-order chi connectivity index (χ0) is 12.0. The molecule has 0 unspecified atom stereocenters. The summed E-state index contributed by atoms with van der Waals surface area (Å²) < 4.78 is 4.64. The summed E-state index contributed by atoms with van der Waals surface area (Å²) >= 11 is 3.02. The van der Waals surface area contributed by atoms with Crippen LogP contribution in [0.15, 0.2) is 30.3 Å². The number of nitrogens with one attached hydrogen (secondary N) is 1. The second kappa shape index (κ2) is 6.27. The lowest BCUT2D eigenvalue weighted by molar-refractivity contribution is -0.145. The lowest BCUT2D eigenvalue weighted by Gasteiger charge is -2.15. The van der Waals surface area contributed by atoms with Gasteiger partial charge in [-0.05, 0) is 5.56 Å². The maximum absolute atomic E-state index is 11.5. The van der Waals surface area contributed by atoms with Gasteiger partial charge in [-0.25, -0.2) is 4.79 Å². The highest BCUT2D eigenvalue weighted by atomic mass is 79.9. The smallest absolute Gasteiger partial charge is 0.333 e. The fraction of sp³-hybridized carbons (Fsp3) is 0.273. The van der Waals surface area contributed by atoms with Crippen LogP contribution in [0.25, 0.3) is 0 Å². The summed E-state index contributed by atoms with van der Waals surface area (Å²) in [5.41, 5.74) is 0.698. The molecule has 0 radical (unpaired) electrons. The third-order valence-electron chi connectivity index (χ3n) is 2.00. The largest absolute Gasteiger partial charge is 0.467 e. The molecule has 4 nitrogen and oxygen atoms in total. The van der Waals surface area contributed by atoms with Crippen molar-refractivity contribution in [1.82, 2.24) is 5.32 Å². The van der Waals surface area contributed by atoms with Crippen LogP contribution in [0.1, 0.15) is 11.6 Å². The number of halogens is 1. The van der Waals surface area contributed by atoms with Crippen LogP contribution in [0, 0.1) is 0 Å². The van der Waals surface area contributed by atoms with Crippen molar-refractivity contribution in [2.24, 2.45) is 0 Å². The van der Waals surface area contributed by atoms with Crippen molar-refractivity contribution in [2.45, 2.75) is 6.04 Å². The Kier molecular flexibility index (Phi) is 4.98. The fourth-order valence-electron chi connectivity index (χ4n) is 1.24. The standard InChI is InChI=1S/C11H12BrNO3/c1-16-11(15)10(13-9(14)7-12)8-5-3-2-4-6-8/h2-6,10H,7H2,1H3,(H,13,14)/t10-/m0/s1. The van der Waals surface area contributed by atoms with Crippen molar-refractivity contribution in [1.29, 1.82) is 0 Å².